The Kier molecular flexibility index (Phi) is 5.43. The number of carbonyl (C=O) groups excluding carboxylic acids is 1. The third-order valence-corrected chi connectivity index (χ3v) is 3.26. The van der Waals surface area contributed by atoms with Crippen molar-refractivity contribution >= 4 is 5.91 Å². The van der Waals surface area contributed by atoms with E-state index in [2.05, 4.69) is 23.2 Å². The van der Waals surface area contributed by atoms with Gasteiger partial charge in [0.05, 0.1) is 6.07 Å². The molecule has 4 heteroatoms. The fourth-order valence-corrected chi connectivity index (χ4v) is 1.98. The number of hydrogen-bond acceptors (Lipinski definition) is 3. The summed E-state index contributed by atoms with van der Waals surface area (Å²) in [5.41, 5.74) is 0. The first-order valence-corrected chi connectivity index (χ1v) is 6.51. The molecule has 96 valence electrons. The number of rotatable bonds is 7. The molecule has 0 bridgehead atoms. The van der Waals surface area contributed by atoms with Crippen LogP contribution in [0.25, 0.3) is 0 Å². The highest BCUT2D eigenvalue weighted by Crippen LogP contribution is 2.25. The summed E-state index contributed by atoms with van der Waals surface area (Å²) in [6.45, 7) is 8.52. The van der Waals surface area contributed by atoms with E-state index < -0.39 is 5.92 Å². The SMILES string of the molecule is CCN(CCNC(=O)C(C#N)C(C)C)C1CC1. The maximum Gasteiger partial charge on any atom is 0.237 e. The van der Waals surface area contributed by atoms with Crippen molar-refractivity contribution in [1.29, 1.82) is 5.26 Å². The van der Waals surface area contributed by atoms with Crippen LogP contribution in [-0.2, 0) is 4.79 Å². The zero-order valence-corrected chi connectivity index (χ0v) is 11.1. The Morgan fingerprint density at radius 1 is 1.53 bits per heavy atom. The van der Waals surface area contributed by atoms with Gasteiger partial charge in [0.2, 0.25) is 5.91 Å². The minimum absolute atomic E-state index is 0.0747. The van der Waals surface area contributed by atoms with Crippen LogP contribution in [0.2, 0.25) is 0 Å². The lowest BCUT2D eigenvalue weighted by atomic mass is 9.97. The van der Waals surface area contributed by atoms with Crippen LogP contribution in [0.4, 0.5) is 0 Å². The molecule has 1 atom stereocenters. The average molecular weight is 237 g/mol. The molecular formula is C13H23N3O. The predicted octanol–water partition coefficient (Wildman–Crippen LogP) is 1.38. The van der Waals surface area contributed by atoms with Crippen molar-refractivity contribution in [3.8, 4) is 6.07 Å². The molecule has 0 aliphatic heterocycles. The molecule has 1 amide bonds. The predicted molar refractivity (Wildman–Crippen MR) is 67.2 cm³/mol. The minimum atomic E-state index is -0.522. The second-order valence-corrected chi connectivity index (χ2v) is 5.00. The van der Waals surface area contributed by atoms with Crippen LogP contribution in [0.1, 0.15) is 33.6 Å². The fraction of sp³-hybridized carbons (Fsp3) is 0.846. The molecule has 1 aliphatic rings. The van der Waals surface area contributed by atoms with Gasteiger partial charge in [-0.1, -0.05) is 20.8 Å². The highest BCUT2D eigenvalue weighted by atomic mass is 16.1. The Bertz CT molecular complexity index is 292. The van der Waals surface area contributed by atoms with E-state index in [1.165, 1.54) is 12.8 Å². The quantitative estimate of drug-likeness (QED) is 0.728. The number of nitrogens with zero attached hydrogens (tertiary/aromatic N) is 2. The Morgan fingerprint density at radius 3 is 2.59 bits per heavy atom. The highest BCUT2D eigenvalue weighted by molar-refractivity contribution is 5.81. The Hall–Kier alpha value is -1.08. The van der Waals surface area contributed by atoms with Gasteiger partial charge in [0, 0.05) is 19.1 Å². The summed E-state index contributed by atoms with van der Waals surface area (Å²) in [5.74, 6) is -0.578. The molecule has 4 nitrogen and oxygen atoms in total. The van der Waals surface area contributed by atoms with Crippen LogP contribution in [0.3, 0.4) is 0 Å². The molecule has 1 unspecified atom stereocenters. The summed E-state index contributed by atoms with van der Waals surface area (Å²) < 4.78 is 0. The third kappa shape index (κ3) is 4.35. The van der Waals surface area contributed by atoms with E-state index in [9.17, 15) is 4.79 Å². The van der Waals surface area contributed by atoms with Crippen molar-refractivity contribution < 1.29 is 4.79 Å². The maximum absolute atomic E-state index is 11.7. The molecule has 1 saturated carbocycles. The number of amides is 1. The molecule has 1 rings (SSSR count). The topological polar surface area (TPSA) is 56.1 Å². The second-order valence-electron chi connectivity index (χ2n) is 5.00. The number of nitriles is 1. The summed E-state index contributed by atoms with van der Waals surface area (Å²) >= 11 is 0. The van der Waals surface area contributed by atoms with E-state index >= 15 is 0 Å². The summed E-state index contributed by atoms with van der Waals surface area (Å²) in [6, 6.07) is 2.79. The van der Waals surface area contributed by atoms with Gasteiger partial charge in [-0.2, -0.15) is 5.26 Å². The molecule has 1 aliphatic carbocycles. The maximum atomic E-state index is 11.7. The average Bonchev–Trinajstić information content (AvgIpc) is 3.08. The first kappa shape index (κ1) is 14.0. The van der Waals surface area contributed by atoms with Gasteiger partial charge in [-0.15, -0.1) is 0 Å². The van der Waals surface area contributed by atoms with Crippen molar-refractivity contribution in [2.75, 3.05) is 19.6 Å². The molecule has 0 spiro atoms. The first-order valence-electron chi connectivity index (χ1n) is 6.51. The van der Waals surface area contributed by atoms with Gasteiger partial charge in [-0.25, -0.2) is 0 Å². The van der Waals surface area contributed by atoms with Crippen molar-refractivity contribution in [3.05, 3.63) is 0 Å². The van der Waals surface area contributed by atoms with E-state index in [0.717, 1.165) is 19.1 Å². The van der Waals surface area contributed by atoms with Gasteiger partial charge >= 0.3 is 0 Å². The van der Waals surface area contributed by atoms with Crippen LogP contribution in [0.15, 0.2) is 0 Å². The number of nitrogens with one attached hydrogen (secondary N) is 1. The van der Waals surface area contributed by atoms with Crippen molar-refractivity contribution in [2.45, 2.75) is 39.7 Å². The van der Waals surface area contributed by atoms with E-state index in [4.69, 9.17) is 5.26 Å². The Morgan fingerprint density at radius 2 is 2.18 bits per heavy atom. The summed E-state index contributed by atoms with van der Waals surface area (Å²) in [4.78, 5) is 14.1. The second kappa shape index (κ2) is 6.61. The van der Waals surface area contributed by atoms with Gasteiger partial charge in [0.15, 0.2) is 0 Å². The summed E-state index contributed by atoms with van der Waals surface area (Å²) in [7, 11) is 0. The van der Waals surface area contributed by atoms with Crippen LogP contribution < -0.4 is 5.32 Å². The molecular weight excluding hydrogens is 214 g/mol. The number of hydrogen-bond donors (Lipinski definition) is 1. The number of carbonyl (C=O) groups is 1. The largest absolute Gasteiger partial charge is 0.354 e. The van der Waals surface area contributed by atoms with E-state index in [-0.39, 0.29) is 11.8 Å². The smallest absolute Gasteiger partial charge is 0.237 e. The minimum Gasteiger partial charge on any atom is -0.354 e. The highest BCUT2D eigenvalue weighted by Gasteiger charge is 2.27. The molecule has 0 aromatic heterocycles. The van der Waals surface area contributed by atoms with E-state index in [0.29, 0.717) is 6.54 Å². The molecule has 0 radical (unpaired) electrons. The van der Waals surface area contributed by atoms with Crippen molar-refractivity contribution in [3.63, 3.8) is 0 Å². The van der Waals surface area contributed by atoms with Crippen molar-refractivity contribution in [1.82, 2.24) is 10.2 Å². The molecule has 0 saturated heterocycles. The lowest BCUT2D eigenvalue weighted by Gasteiger charge is -2.20. The Labute approximate surface area is 104 Å². The molecule has 1 fully saturated rings. The molecule has 0 aromatic carbocycles. The summed E-state index contributed by atoms with van der Waals surface area (Å²) in [6.07, 6.45) is 2.57. The van der Waals surface area contributed by atoms with Gasteiger partial charge < -0.3 is 5.32 Å². The lowest BCUT2D eigenvalue weighted by Crippen LogP contribution is -2.39. The van der Waals surface area contributed by atoms with Gasteiger partial charge in [-0.05, 0) is 25.3 Å². The monoisotopic (exact) mass is 237 g/mol. The normalized spacial score (nSPS) is 16.9. The van der Waals surface area contributed by atoms with E-state index in [1.807, 2.05) is 13.8 Å². The molecule has 0 heterocycles. The third-order valence-electron chi connectivity index (χ3n) is 3.26. The van der Waals surface area contributed by atoms with Crippen LogP contribution in [0, 0.1) is 23.2 Å². The lowest BCUT2D eigenvalue weighted by molar-refractivity contribution is -0.124. The van der Waals surface area contributed by atoms with Crippen molar-refractivity contribution in [2.24, 2.45) is 11.8 Å². The first-order chi connectivity index (χ1) is 8.10. The zero-order valence-electron chi connectivity index (χ0n) is 11.1. The van der Waals surface area contributed by atoms with Gasteiger partial charge in [0.1, 0.15) is 5.92 Å². The molecule has 1 N–H and O–H groups in total. The standard InChI is InChI=1S/C13H23N3O/c1-4-16(11-5-6-11)8-7-15-13(17)12(9-14)10(2)3/h10-12H,4-8H2,1-3H3,(H,15,17). The zero-order chi connectivity index (χ0) is 12.8. The Balaban J connectivity index is 2.25. The van der Waals surface area contributed by atoms with Crippen LogP contribution in [0.5, 0.6) is 0 Å². The fourth-order valence-electron chi connectivity index (χ4n) is 1.98. The number of likely N-dealkylation sites (N-methyl/N-ethyl adjacent to an activating group) is 1. The molecule has 0 aromatic rings. The van der Waals surface area contributed by atoms with Crippen LogP contribution in [-0.4, -0.2) is 36.5 Å². The van der Waals surface area contributed by atoms with Gasteiger partial charge in [-0.3, -0.25) is 9.69 Å². The van der Waals surface area contributed by atoms with Gasteiger partial charge in [0.25, 0.3) is 0 Å². The van der Waals surface area contributed by atoms with E-state index in [1.54, 1.807) is 0 Å². The van der Waals surface area contributed by atoms with Crippen LogP contribution >= 0.6 is 0 Å². The molecule has 17 heavy (non-hydrogen) atoms. The summed E-state index contributed by atoms with van der Waals surface area (Å²) in [5, 5.41) is 11.8.